The van der Waals surface area contributed by atoms with Crippen LogP contribution in [0.1, 0.15) is 64.7 Å². The van der Waals surface area contributed by atoms with Crippen LogP contribution in [0.15, 0.2) is 0 Å². The SMILES string of the molecule is CCCC(CCNC(=O)N1CCCCCC1)CCC(=O)O. The number of nitrogens with one attached hydrogen (secondary N) is 1. The van der Waals surface area contributed by atoms with Crippen LogP contribution in [0.2, 0.25) is 0 Å². The fourth-order valence-electron chi connectivity index (χ4n) is 2.94. The second-order valence-electron chi connectivity index (χ2n) is 6.01. The molecule has 1 heterocycles. The van der Waals surface area contributed by atoms with Gasteiger partial charge in [0.1, 0.15) is 0 Å². The number of likely N-dealkylation sites (tertiary alicyclic amines) is 1. The molecule has 2 amide bonds. The van der Waals surface area contributed by atoms with Gasteiger partial charge in [0.05, 0.1) is 0 Å². The Hall–Kier alpha value is -1.26. The van der Waals surface area contributed by atoms with Gasteiger partial charge in [-0.3, -0.25) is 4.79 Å². The summed E-state index contributed by atoms with van der Waals surface area (Å²) >= 11 is 0. The minimum atomic E-state index is -0.732. The van der Waals surface area contributed by atoms with Crippen molar-refractivity contribution in [3.05, 3.63) is 0 Å². The zero-order valence-corrected chi connectivity index (χ0v) is 13.3. The Balaban J connectivity index is 2.24. The van der Waals surface area contributed by atoms with Crippen molar-refractivity contribution in [2.75, 3.05) is 19.6 Å². The van der Waals surface area contributed by atoms with Crippen LogP contribution in [-0.4, -0.2) is 41.6 Å². The Morgan fingerprint density at radius 1 is 1.10 bits per heavy atom. The summed E-state index contributed by atoms with van der Waals surface area (Å²) in [5, 5.41) is 11.8. The molecule has 0 radical (unpaired) electrons. The molecule has 0 spiro atoms. The first-order chi connectivity index (χ1) is 10.1. The Bertz CT molecular complexity index is 313. The van der Waals surface area contributed by atoms with Crippen LogP contribution in [0.25, 0.3) is 0 Å². The van der Waals surface area contributed by atoms with Crippen molar-refractivity contribution in [1.82, 2.24) is 10.2 Å². The maximum Gasteiger partial charge on any atom is 0.317 e. The van der Waals surface area contributed by atoms with Gasteiger partial charge in [0.2, 0.25) is 0 Å². The lowest BCUT2D eigenvalue weighted by atomic mass is 9.94. The number of nitrogens with zero attached hydrogens (tertiary/aromatic N) is 1. The molecule has 0 saturated carbocycles. The van der Waals surface area contributed by atoms with E-state index in [9.17, 15) is 9.59 Å². The molecule has 1 atom stereocenters. The van der Waals surface area contributed by atoms with Crippen molar-refractivity contribution in [3.63, 3.8) is 0 Å². The highest BCUT2D eigenvalue weighted by molar-refractivity contribution is 5.74. The van der Waals surface area contributed by atoms with E-state index >= 15 is 0 Å². The normalized spacial score (nSPS) is 17.1. The van der Waals surface area contributed by atoms with Crippen molar-refractivity contribution < 1.29 is 14.7 Å². The average Bonchev–Trinajstić information content (AvgIpc) is 2.73. The first kappa shape index (κ1) is 17.8. The third-order valence-electron chi connectivity index (χ3n) is 4.19. The Labute approximate surface area is 128 Å². The quantitative estimate of drug-likeness (QED) is 0.722. The highest BCUT2D eigenvalue weighted by atomic mass is 16.4. The van der Waals surface area contributed by atoms with E-state index in [1.54, 1.807) is 0 Å². The van der Waals surface area contributed by atoms with E-state index in [-0.39, 0.29) is 12.5 Å². The van der Waals surface area contributed by atoms with Gasteiger partial charge in [-0.15, -0.1) is 0 Å². The van der Waals surface area contributed by atoms with Gasteiger partial charge in [-0.25, -0.2) is 4.79 Å². The summed E-state index contributed by atoms with van der Waals surface area (Å²) in [5.41, 5.74) is 0. The molecule has 1 aliphatic heterocycles. The first-order valence-corrected chi connectivity index (χ1v) is 8.38. The van der Waals surface area contributed by atoms with E-state index in [4.69, 9.17) is 5.11 Å². The van der Waals surface area contributed by atoms with Gasteiger partial charge in [0.15, 0.2) is 0 Å². The topological polar surface area (TPSA) is 69.6 Å². The lowest BCUT2D eigenvalue weighted by Gasteiger charge is -2.22. The minimum absolute atomic E-state index is 0.0467. The number of rotatable bonds is 8. The lowest BCUT2D eigenvalue weighted by molar-refractivity contribution is -0.137. The summed E-state index contributed by atoms with van der Waals surface area (Å²) in [6.07, 6.45) is 8.55. The van der Waals surface area contributed by atoms with Crippen molar-refractivity contribution in [3.8, 4) is 0 Å². The summed E-state index contributed by atoms with van der Waals surface area (Å²) in [6, 6.07) is 0.0467. The molecular formula is C16H30N2O3. The molecule has 21 heavy (non-hydrogen) atoms. The van der Waals surface area contributed by atoms with Crippen LogP contribution in [0.5, 0.6) is 0 Å². The molecule has 1 unspecified atom stereocenters. The van der Waals surface area contributed by atoms with Crippen LogP contribution in [0, 0.1) is 5.92 Å². The van der Waals surface area contributed by atoms with Crippen LogP contribution in [0.4, 0.5) is 4.79 Å². The van der Waals surface area contributed by atoms with Crippen molar-refractivity contribution in [2.45, 2.75) is 64.7 Å². The van der Waals surface area contributed by atoms with Crippen LogP contribution < -0.4 is 5.32 Å². The highest BCUT2D eigenvalue weighted by Gasteiger charge is 2.16. The molecule has 1 fully saturated rings. The molecule has 0 aromatic heterocycles. The molecule has 1 saturated heterocycles. The molecule has 0 aromatic carbocycles. The maximum absolute atomic E-state index is 12.1. The molecule has 2 N–H and O–H groups in total. The van der Waals surface area contributed by atoms with E-state index in [1.807, 2.05) is 4.90 Å². The standard InChI is InChI=1S/C16H30N2O3/c1-2-7-14(8-9-15(19)20)10-11-17-16(21)18-12-5-3-4-6-13-18/h14H,2-13H2,1H3,(H,17,21)(H,19,20). The second kappa shape index (κ2) is 10.5. The number of carboxylic acid groups (broad SMARTS) is 1. The average molecular weight is 298 g/mol. The number of urea groups is 1. The van der Waals surface area contributed by atoms with Crippen molar-refractivity contribution >= 4 is 12.0 Å². The van der Waals surface area contributed by atoms with Gasteiger partial charge in [-0.1, -0.05) is 32.6 Å². The number of hydrogen-bond acceptors (Lipinski definition) is 2. The summed E-state index contributed by atoms with van der Waals surface area (Å²) in [4.78, 5) is 24.6. The van der Waals surface area contributed by atoms with Crippen molar-refractivity contribution in [2.24, 2.45) is 5.92 Å². The number of aliphatic carboxylic acids is 1. The van der Waals surface area contributed by atoms with Gasteiger partial charge in [-0.2, -0.15) is 0 Å². The number of carbonyl (C=O) groups excluding carboxylic acids is 1. The molecule has 0 bridgehead atoms. The van der Waals surface area contributed by atoms with Gasteiger partial charge in [0.25, 0.3) is 0 Å². The first-order valence-electron chi connectivity index (χ1n) is 8.38. The number of amides is 2. The third-order valence-corrected chi connectivity index (χ3v) is 4.19. The van der Waals surface area contributed by atoms with E-state index < -0.39 is 5.97 Å². The molecular weight excluding hydrogens is 268 g/mol. The van der Waals surface area contributed by atoms with Crippen LogP contribution in [-0.2, 0) is 4.79 Å². The Morgan fingerprint density at radius 2 is 1.76 bits per heavy atom. The summed E-state index contributed by atoms with van der Waals surface area (Å²) < 4.78 is 0. The third kappa shape index (κ3) is 7.93. The largest absolute Gasteiger partial charge is 0.481 e. The van der Waals surface area contributed by atoms with Gasteiger partial charge in [0, 0.05) is 26.1 Å². The molecule has 1 rings (SSSR count). The summed E-state index contributed by atoms with van der Waals surface area (Å²) in [5.74, 6) is -0.333. The fourth-order valence-corrected chi connectivity index (χ4v) is 2.94. The van der Waals surface area contributed by atoms with Gasteiger partial charge in [-0.05, 0) is 31.6 Å². The fraction of sp³-hybridized carbons (Fsp3) is 0.875. The number of hydrogen-bond donors (Lipinski definition) is 2. The minimum Gasteiger partial charge on any atom is -0.481 e. The predicted molar refractivity (Wildman–Crippen MR) is 83.3 cm³/mol. The van der Waals surface area contributed by atoms with E-state index in [0.717, 1.165) is 45.2 Å². The predicted octanol–water partition coefficient (Wildman–Crippen LogP) is 3.24. The zero-order chi connectivity index (χ0) is 15.5. The zero-order valence-electron chi connectivity index (χ0n) is 13.3. The maximum atomic E-state index is 12.1. The van der Waals surface area contributed by atoms with Crippen LogP contribution >= 0.6 is 0 Å². The Morgan fingerprint density at radius 3 is 2.33 bits per heavy atom. The van der Waals surface area contributed by atoms with Gasteiger partial charge < -0.3 is 15.3 Å². The molecule has 122 valence electrons. The highest BCUT2D eigenvalue weighted by Crippen LogP contribution is 2.17. The number of carbonyl (C=O) groups is 2. The molecule has 0 aromatic rings. The molecule has 5 nitrogen and oxygen atoms in total. The molecule has 5 heteroatoms. The molecule has 1 aliphatic rings. The van der Waals surface area contributed by atoms with E-state index in [1.165, 1.54) is 12.8 Å². The van der Waals surface area contributed by atoms with E-state index in [2.05, 4.69) is 12.2 Å². The number of carboxylic acids is 1. The smallest absolute Gasteiger partial charge is 0.317 e. The van der Waals surface area contributed by atoms with Gasteiger partial charge >= 0.3 is 12.0 Å². The lowest BCUT2D eigenvalue weighted by Crippen LogP contribution is -2.41. The van der Waals surface area contributed by atoms with Crippen molar-refractivity contribution in [1.29, 1.82) is 0 Å². The monoisotopic (exact) mass is 298 g/mol. The van der Waals surface area contributed by atoms with E-state index in [0.29, 0.717) is 18.9 Å². The second-order valence-corrected chi connectivity index (χ2v) is 6.01. The summed E-state index contributed by atoms with van der Waals surface area (Å²) in [6.45, 7) is 4.50. The Kier molecular flexibility index (Phi) is 8.87. The molecule has 0 aliphatic carbocycles. The van der Waals surface area contributed by atoms with Crippen LogP contribution in [0.3, 0.4) is 0 Å². The summed E-state index contributed by atoms with van der Waals surface area (Å²) in [7, 11) is 0.